The first kappa shape index (κ1) is 26.3. The molecule has 1 spiro atoms. The van der Waals surface area contributed by atoms with E-state index in [0.717, 1.165) is 0 Å². The number of rotatable bonds is 6. The van der Waals surface area contributed by atoms with Crippen molar-refractivity contribution < 1.29 is 36.2 Å². The molecule has 1 amide bonds. The first-order valence-corrected chi connectivity index (χ1v) is 13.3. The van der Waals surface area contributed by atoms with Gasteiger partial charge in [0, 0.05) is 46.4 Å². The fourth-order valence-electron chi connectivity index (χ4n) is 4.51. The lowest BCUT2D eigenvalue weighted by Gasteiger charge is -2.36. The molecule has 5 rings (SSSR count). The van der Waals surface area contributed by atoms with E-state index in [4.69, 9.17) is 37.2 Å². The summed E-state index contributed by atoms with van der Waals surface area (Å²) in [7, 11) is -1.11. The summed E-state index contributed by atoms with van der Waals surface area (Å²) in [5, 5.41) is 2.95. The zero-order chi connectivity index (χ0) is 27.4. The fraction of sp³-hybridized carbons (Fsp3) is 0.200. The molecule has 3 aromatic rings. The van der Waals surface area contributed by atoms with Gasteiger partial charge in [0.25, 0.3) is 5.91 Å². The smallest absolute Gasteiger partial charge is 0.446 e. The summed E-state index contributed by atoms with van der Waals surface area (Å²) in [6.45, 7) is 1.06. The molecule has 0 saturated carbocycles. The summed E-state index contributed by atoms with van der Waals surface area (Å²) in [6, 6.07) is 11.9. The molecule has 3 aromatic carbocycles. The van der Waals surface area contributed by atoms with Crippen LogP contribution in [0.2, 0.25) is 10.0 Å². The molecule has 1 atom stereocenters. The third-order valence-electron chi connectivity index (χ3n) is 6.12. The van der Waals surface area contributed by atoms with Crippen molar-refractivity contribution in [2.24, 2.45) is 0 Å². The summed E-state index contributed by atoms with van der Waals surface area (Å²) in [5.41, 5.74) is -0.105. The van der Waals surface area contributed by atoms with Crippen molar-refractivity contribution in [2.45, 2.75) is 5.60 Å². The Labute approximate surface area is 228 Å². The fourth-order valence-corrected chi connectivity index (χ4v) is 5.29. The third-order valence-corrected chi connectivity index (χ3v) is 7.04. The average Bonchev–Trinajstić information content (AvgIpc) is 3.12. The predicted molar refractivity (Wildman–Crippen MR) is 138 cm³/mol. The van der Waals surface area contributed by atoms with Gasteiger partial charge in [-0.15, -0.1) is 0 Å². The van der Waals surface area contributed by atoms with Gasteiger partial charge in [0.1, 0.15) is 11.5 Å². The van der Waals surface area contributed by atoms with E-state index in [9.17, 15) is 18.0 Å². The van der Waals surface area contributed by atoms with Crippen LogP contribution in [0.4, 0.5) is 0 Å². The molecule has 2 N–H and O–H groups in total. The minimum atomic E-state index is -4.89. The lowest BCUT2D eigenvalue weighted by atomic mass is 9.77. The number of carbonyl (C=O) groups is 2. The van der Waals surface area contributed by atoms with E-state index < -0.39 is 27.7 Å². The number of nitrogens with zero attached hydrogens (tertiary/aromatic N) is 1. The van der Waals surface area contributed by atoms with Gasteiger partial charge in [-0.1, -0.05) is 29.3 Å². The second-order valence-electron chi connectivity index (χ2n) is 8.92. The standard InChI is InChI=1S/C25H20Cl2N2O8S/c1-29(2)8-7-28-23(30)13-3-5-16-15(9-13)24(31)36-25(16)17-10-14(26)4-6-20(17)35-21-12-22(37-38(32,33)34)19(27)11-18(21)25/h3-6,9-12H,7-8H2,1-2H3,(H,28,30)(H,32,33,34). The van der Waals surface area contributed by atoms with Crippen LogP contribution in [0.25, 0.3) is 0 Å². The zero-order valence-electron chi connectivity index (χ0n) is 19.9. The second-order valence-corrected chi connectivity index (χ2v) is 10.8. The van der Waals surface area contributed by atoms with Crippen LogP contribution < -0.4 is 14.2 Å². The quantitative estimate of drug-likeness (QED) is 0.328. The molecule has 1 unspecified atom stereocenters. The van der Waals surface area contributed by atoms with Crippen LogP contribution >= 0.6 is 23.2 Å². The van der Waals surface area contributed by atoms with Crippen molar-refractivity contribution in [2.75, 3.05) is 27.2 Å². The van der Waals surface area contributed by atoms with Crippen molar-refractivity contribution in [1.82, 2.24) is 10.2 Å². The largest absolute Gasteiger partial charge is 0.456 e. The van der Waals surface area contributed by atoms with Crippen LogP contribution in [0.1, 0.15) is 37.4 Å². The zero-order valence-corrected chi connectivity index (χ0v) is 22.3. The number of halogens is 2. The third kappa shape index (κ3) is 4.56. The molecular weight excluding hydrogens is 559 g/mol. The molecule has 2 heterocycles. The maximum atomic E-state index is 13.3. The van der Waals surface area contributed by atoms with Gasteiger partial charge >= 0.3 is 16.4 Å². The second kappa shape index (κ2) is 9.44. The molecule has 0 fully saturated rings. The monoisotopic (exact) mass is 578 g/mol. The number of likely N-dealkylation sites (N-methyl/N-ethyl adjacent to an activating group) is 1. The lowest BCUT2D eigenvalue weighted by Crippen LogP contribution is -2.33. The minimum Gasteiger partial charge on any atom is -0.456 e. The van der Waals surface area contributed by atoms with Crippen LogP contribution in [0.15, 0.2) is 48.5 Å². The summed E-state index contributed by atoms with van der Waals surface area (Å²) in [5.74, 6) is -1.11. The van der Waals surface area contributed by atoms with Crippen molar-refractivity contribution in [1.29, 1.82) is 0 Å². The Balaban J connectivity index is 1.67. The van der Waals surface area contributed by atoms with E-state index >= 15 is 0 Å². The van der Waals surface area contributed by atoms with E-state index in [1.807, 2.05) is 19.0 Å². The number of esters is 1. The van der Waals surface area contributed by atoms with Gasteiger partial charge in [0.05, 0.1) is 10.6 Å². The minimum absolute atomic E-state index is 0.0639. The highest BCUT2D eigenvalue weighted by Crippen LogP contribution is 2.58. The van der Waals surface area contributed by atoms with E-state index in [2.05, 4.69) is 9.50 Å². The number of benzene rings is 3. The molecule has 2 aliphatic heterocycles. The molecule has 198 valence electrons. The Bertz CT molecular complexity index is 1610. The van der Waals surface area contributed by atoms with Gasteiger partial charge in [-0.2, -0.15) is 8.42 Å². The van der Waals surface area contributed by atoms with E-state index in [0.29, 0.717) is 29.2 Å². The maximum absolute atomic E-state index is 13.3. The number of ether oxygens (including phenoxy) is 2. The van der Waals surface area contributed by atoms with Gasteiger partial charge in [-0.3, -0.25) is 9.35 Å². The summed E-state index contributed by atoms with van der Waals surface area (Å²) in [6.07, 6.45) is 0. The maximum Gasteiger partial charge on any atom is 0.446 e. The highest BCUT2D eigenvalue weighted by Gasteiger charge is 2.54. The highest BCUT2D eigenvalue weighted by atomic mass is 35.5. The summed E-state index contributed by atoms with van der Waals surface area (Å²) >= 11 is 12.6. The number of fused-ring (bicyclic) bond motifs is 6. The van der Waals surface area contributed by atoms with Gasteiger partial charge in [-0.25, -0.2) is 4.79 Å². The Morgan fingerprint density at radius 3 is 2.50 bits per heavy atom. The lowest BCUT2D eigenvalue weighted by molar-refractivity contribution is 0.0224. The van der Waals surface area contributed by atoms with Crippen molar-refractivity contribution in [3.8, 4) is 17.2 Å². The molecule has 13 heteroatoms. The van der Waals surface area contributed by atoms with Crippen molar-refractivity contribution >= 4 is 45.5 Å². The normalized spacial score (nSPS) is 17.4. The molecular formula is C25H20Cl2N2O8S. The molecule has 2 aliphatic rings. The van der Waals surface area contributed by atoms with Crippen LogP contribution in [0.3, 0.4) is 0 Å². The van der Waals surface area contributed by atoms with Gasteiger partial charge in [0.2, 0.25) is 0 Å². The van der Waals surface area contributed by atoms with Gasteiger partial charge in [0.15, 0.2) is 11.4 Å². The Kier molecular flexibility index (Phi) is 6.52. The average molecular weight is 579 g/mol. The number of hydrogen-bond donors (Lipinski definition) is 2. The number of hydrogen-bond acceptors (Lipinski definition) is 8. The highest BCUT2D eigenvalue weighted by molar-refractivity contribution is 7.81. The van der Waals surface area contributed by atoms with Crippen LogP contribution in [-0.4, -0.2) is 56.9 Å². The number of carbonyl (C=O) groups excluding carboxylic acids is 2. The Hall–Kier alpha value is -3.35. The van der Waals surface area contributed by atoms with Crippen LogP contribution in [0.5, 0.6) is 17.2 Å². The molecule has 0 bridgehead atoms. The van der Waals surface area contributed by atoms with Crippen molar-refractivity contribution in [3.05, 3.63) is 86.4 Å². The van der Waals surface area contributed by atoms with Crippen molar-refractivity contribution in [3.63, 3.8) is 0 Å². The molecule has 38 heavy (non-hydrogen) atoms. The van der Waals surface area contributed by atoms with Gasteiger partial charge in [-0.05, 0) is 50.5 Å². The Morgan fingerprint density at radius 2 is 1.79 bits per heavy atom. The molecule has 0 saturated heterocycles. The molecule has 10 nitrogen and oxygen atoms in total. The first-order chi connectivity index (χ1) is 17.9. The molecule has 0 radical (unpaired) electrons. The topological polar surface area (TPSA) is 131 Å². The van der Waals surface area contributed by atoms with E-state index in [1.165, 1.54) is 18.2 Å². The summed E-state index contributed by atoms with van der Waals surface area (Å²) < 4.78 is 48.3. The van der Waals surface area contributed by atoms with E-state index in [-0.39, 0.29) is 39.1 Å². The first-order valence-electron chi connectivity index (χ1n) is 11.2. The molecule has 0 aliphatic carbocycles. The van der Waals surface area contributed by atoms with E-state index in [1.54, 1.807) is 30.3 Å². The SMILES string of the molecule is CN(C)CCNC(=O)c1ccc2c(c1)C(=O)OC21c2cc(Cl)ccc2Oc2cc(OS(=O)(=O)O)c(Cl)cc21. The number of nitrogens with one attached hydrogen (secondary N) is 1. The van der Waals surface area contributed by atoms with Crippen LogP contribution in [0, 0.1) is 0 Å². The summed E-state index contributed by atoms with van der Waals surface area (Å²) in [4.78, 5) is 27.9. The number of amides is 1. The van der Waals surface area contributed by atoms with Crippen LogP contribution in [-0.2, 0) is 20.7 Å². The van der Waals surface area contributed by atoms with Gasteiger partial charge < -0.3 is 23.9 Å². The Morgan fingerprint density at radius 1 is 1.05 bits per heavy atom. The molecule has 0 aromatic heterocycles. The predicted octanol–water partition coefficient (Wildman–Crippen LogP) is 4.03.